The Morgan fingerprint density at radius 2 is 2.07 bits per heavy atom. The predicted molar refractivity (Wildman–Crippen MR) is 107 cm³/mol. The number of amides is 1. The van der Waals surface area contributed by atoms with E-state index in [1.165, 1.54) is 11.3 Å². The smallest absolute Gasteiger partial charge is 0.253 e. The number of carbonyl (C=O) groups is 1. The maximum absolute atomic E-state index is 12.3. The summed E-state index contributed by atoms with van der Waals surface area (Å²) in [6.45, 7) is 4.03. The van der Waals surface area contributed by atoms with E-state index in [4.69, 9.17) is 9.47 Å². The summed E-state index contributed by atoms with van der Waals surface area (Å²) in [5.74, 6) is -0.132. The van der Waals surface area contributed by atoms with E-state index in [-0.39, 0.29) is 12.0 Å². The van der Waals surface area contributed by atoms with Crippen molar-refractivity contribution in [2.45, 2.75) is 38.4 Å². The molecule has 1 amide bonds. The number of nitrogens with zero attached hydrogens (tertiary/aromatic N) is 1. The summed E-state index contributed by atoms with van der Waals surface area (Å²) >= 11 is 0. The van der Waals surface area contributed by atoms with Crippen molar-refractivity contribution < 1.29 is 14.3 Å². The number of hydrogen-bond donors (Lipinski definition) is 1. The fraction of sp³-hybridized carbons (Fsp3) is 0.409. The molecule has 1 fully saturated rings. The standard InChI is InChI=1S/C22H26N2O3/c1-16(27-15-20-6-4-14-26-20)22(25)23-18-8-10-19(11-9-18)24-13-12-17-5-2-3-7-21(17)24/h2-3,5,7-11,16,20H,4,6,12-15H2,1H3,(H,23,25). The van der Waals surface area contributed by atoms with Crippen LogP contribution in [0.15, 0.2) is 48.5 Å². The van der Waals surface area contributed by atoms with Gasteiger partial charge in [-0.2, -0.15) is 0 Å². The zero-order valence-electron chi connectivity index (χ0n) is 15.7. The number of nitrogens with one attached hydrogen (secondary N) is 1. The molecular formula is C22H26N2O3. The number of ether oxygens (including phenoxy) is 2. The summed E-state index contributed by atoms with van der Waals surface area (Å²) < 4.78 is 11.2. The van der Waals surface area contributed by atoms with Gasteiger partial charge in [0.2, 0.25) is 0 Å². The second-order valence-electron chi connectivity index (χ2n) is 7.18. The number of rotatable bonds is 6. The first-order chi connectivity index (χ1) is 13.2. The molecule has 0 aliphatic carbocycles. The third kappa shape index (κ3) is 4.15. The average molecular weight is 366 g/mol. The molecule has 2 atom stereocenters. The van der Waals surface area contributed by atoms with Crippen molar-refractivity contribution in [2.75, 3.05) is 30.0 Å². The van der Waals surface area contributed by atoms with Gasteiger partial charge in [0.05, 0.1) is 12.7 Å². The lowest BCUT2D eigenvalue weighted by molar-refractivity contribution is -0.128. The Kier molecular flexibility index (Phi) is 5.41. The SMILES string of the molecule is CC(OCC1CCCO1)C(=O)Nc1ccc(N2CCc3ccccc32)cc1. The molecule has 0 bridgehead atoms. The van der Waals surface area contributed by atoms with Crippen LogP contribution in [0.5, 0.6) is 0 Å². The Morgan fingerprint density at radius 1 is 1.26 bits per heavy atom. The lowest BCUT2D eigenvalue weighted by Gasteiger charge is -2.20. The van der Waals surface area contributed by atoms with Gasteiger partial charge >= 0.3 is 0 Å². The Morgan fingerprint density at radius 3 is 2.85 bits per heavy atom. The van der Waals surface area contributed by atoms with Crippen LogP contribution in [0.4, 0.5) is 17.1 Å². The minimum Gasteiger partial charge on any atom is -0.376 e. The molecule has 2 unspecified atom stereocenters. The van der Waals surface area contributed by atoms with Gasteiger partial charge in [-0.3, -0.25) is 4.79 Å². The Balaban J connectivity index is 1.33. The lowest BCUT2D eigenvalue weighted by atomic mass is 10.2. The molecule has 1 N–H and O–H groups in total. The third-order valence-electron chi connectivity index (χ3n) is 5.26. The van der Waals surface area contributed by atoms with Crippen LogP contribution in [0.2, 0.25) is 0 Å². The molecular weight excluding hydrogens is 340 g/mol. The molecule has 2 aliphatic rings. The van der Waals surface area contributed by atoms with Gasteiger partial charge in [-0.05, 0) is 62.1 Å². The number of carbonyl (C=O) groups excluding carboxylic acids is 1. The first-order valence-corrected chi connectivity index (χ1v) is 9.70. The molecule has 2 aromatic rings. The summed E-state index contributed by atoms with van der Waals surface area (Å²) in [7, 11) is 0. The van der Waals surface area contributed by atoms with E-state index < -0.39 is 6.10 Å². The van der Waals surface area contributed by atoms with Crippen LogP contribution in [0.25, 0.3) is 0 Å². The second-order valence-corrected chi connectivity index (χ2v) is 7.18. The quantitative estimate of drug-likeness (QED) is 0.842. The lowest BCUT2D eigenvalue weighted by Crippen LogP contribution is -2.30. The molecule has 4 rings (SSSR count). The van der Waals surface area contributed by atoms with Gasteiger partial charge in [-0.25, -0.2) is 0 Å². The molecule has 2 aliphatic heterocycles. The minimum absolute atomic E-state index is 0.128. The van der Waals surface area contributed by atoms with E-state index in [1.54, 1.807) is 6.92 Å². The Labute approximate surface area is 160 Å². The highest BCUT2D eigenvalue weighted by molar-refractivity contribution is 5.94. The largest absolute Gasteiger partial charge is 0.376 e. The van der Waals surface area contributed by atoms with Crippen LogP contribution in [0.1, 0.15) is 25.3 Å². The van der Waals surface area contributed by atoms with Crippen molar-refractivity contribution in [1.82, 2.24) is 0 Å². The van der Waals surface area contributed by atoms with Gasteiger partial charge < -0.3 is 19.7 Å². The monoisotopic (exact) mass is 366 g/mol. The highest BCUT2D eigenvalue weighted by atomic mass is 16.5. The van der Waals surface area contributed by atoms with E-state index in [0.29, 0.717) is 6.61 Å². The van der Waals surface area contributed by atoms with Crippen molar-refractivity contribution in [3.8, 4) is 0 Å². The molecule has 0 aromatic heterocycles. The Bertz CT molecular complexity index is 784. The van der Waals surface area contributed by atoms with E-state index >= 15 is 0 Å². The van der Waals surface area contributed by atoms with Crippen LogP contribution in [0, 0.1) is 0 Å². The topological polar surface area (TPSA) is 50.8 Å². The number of anilines is 3. The third-order valence-corrected chi connectivity index (χ3v) is 5.26. The van der Waals surface area contributed by atoms with Crippen LogP contribution < -0.4 is 10.2 Å². The number of fused-ring (bicyclic) bond motifs is 1. The normalized spacial score (nSPS) is 19.7. The zero-order chi connectivity index (χ0) is 18.6. The summed E-state index contributed by atoms with van der Waals surface area (Å²) in [5.41, 5.74) is 4.57. The molecule has 0 spiro atoms. The Hall–Kier alpha value is -2.37. The molecule has 27 heavy (non-hydrogen) atoms. The predicted octanol–water partition coefficient (Wildman–Crippen LogP) is 3.90. The summed E-state index contributed by atoms with van der Waals surface area (Å²) in [6.07, 6.45) is 2.77. The van der Waals surface area contributed by atoms with E-state index in [2.05, 4.69) is 46.6 Å². The average Bonchev–Trinajstić information content (AvgIpc) is 3.36. The van der Waals surface area contributed by atoms with Gasteiger partial charge in [-0.15, -0.1) is 0 Å². The number of para-hydroxylation sites is 1. The van der Waals surface area contributed by atoms with Gasteiger partial charge in [0.1, 0.15) is 6.10 Å². The number of hydrogen-bond acceptors (Lipinski definition) is 4. The first kappa shape index (κ1) is 18.0. The van der Waals surface area contributed by atoms with Crippen molar-refractivity contribution in [2.24, 2.45) is 0 Å². The molecule has 5 heteroatoms. The summed E-state index contributed by atoms with van der Waals surface area (Å²) in [4.78, 5) is 14.6. The van der Waals surface area contributed by atoms with Crippen LogP contribution in [-0.4, -0.2) is 37.9 Å². The molecule has 2 aromatic carbocycles. The van der Waals surface area contributed by atoms with Gasteiger partial charge in [0.25, 0.3) is 5.91 Å². The molecule has 0 saturated carbocycles. The highest BCUT2D eigenvalue weighted by Gasteiger charge is 2.21. The second kappa shape index (κ2) is 8.11. The molecule has 1 saturated heterocycles. The van der Waals surface area contributed by atoms with E-state index in [0.717, 1.165) is 43.8 Å². The van der Waals surface area contributed by atoms with Crippen molar-refractivity contribution in [1.29, 1.82) is 0 Å². The molecule has 0 radical (unpaired) electrons. The van der Waals surface area contributed by atoms with Crippen LogP contribution in [-0.2, 0) is 20.7 Å². The van der Waals surface area contributed by atoms with E-state index in [1.807, 2.05) is 12.1 Å². The zero-order valence-corrected chi connectivity index (χ0v) is 15.7. The van der Waals surface area contributed by atoms with Crippen molar-refractivity contribution in [3.63, 3.8) is 0 Å². The molecule has 142 valence electrons. The summed E-state index contributed by atoms with van der Waals surface area (Å²) in [5, 5.41) is 2.93. The fourth-order valence-electron chi connectivity index (χ4n) is 3.68. The van der Waals surface area contributed by atoms with Gasteiger partial charge in [0, 0.05) is 30.2 Å². The maximum atomic E-state index is 12.3. The minimum atomic E-state index is -0.501. The van der Waals surface area contributed by atoms with Crippen LogP contribution in [0.3, 0.4) is 0 Å². The van der Waals surface area contributed by atoms with E-state index in [9.17, 15) is 4.79 Å². The van der Waals surface area contributed by atoms with Gasteiger partial charge in [0.15, 0.2) is 0 Å². The first-order valence-electron chi connectivity index (χ1n) is 9.70. The van der Waals surface area contributed by atoms with Crippen molar-refractivity contribution >= 4 is 23.0 Å². The highest BCUT2D eigenvalue weighted by Crippen LogP contribution is 2.34. The van der Waals surface area contributed by atoms with Crippen molar-refractivity contribution in [3.05, 3.63) is 54.1 Å². The number of benzene rings is 2. The maximum Gasteiger partial charge on any atom is 0.253 e. The van der Waals surface area contributed by atoms with Gasteiger partial charge in [-0.1, -0.05) is 18.2 Å². The molecule has 5 nitrogen and oxygen atoms in total. The molecule has 2 heterocycles. The summed E-state index contributed by atoms with van der Waals surface area (Å²) in [6, 6.07) is 16.5. The fourth-order valence-corrected chi connectivity index (χ4v) is 3.68. The van der Waals surface area contributed by atoms with Crippen LogP contribution >= 0.6 is 0 Å².